The van der Waals surface area contributed by atoms with Crippen molar-refractivity contribution in [3.8, 4) is 5.75 Å². The van der Waals surface area contributed by atoms with Crippen LogP contribution in [0.1, 0.15) is 0 Å². The van der Waals surface area contributed by atoms with Crippen molar-refractivity contribution in [2.75, 3.05) is 13.2 Å². The number of benzene rings is 2. The summed E-state index contributed by atoms with van der Waals surface area (Å²) in [7, 11) is -3.73. The summed E-state index contributed by atoms with van der Waals surface area (Å²) in [4.78, 5) is 0.135. The molecule has 0 aliphatic carbocycles. The zero-order valence-electron chi connectivity index (χ0n) is 12.6. The summed E-state index contributed by atoms with van der Waals surface area (Å²) in [5, 5.41) is 1.08. The predicted octanol–water partition coefficient (Wildman–Crippen LogP) is 3.29. The zero-order chi connectivity index (χ0) is 16.4. The van der Waals surface area contributed by atoms with Gasteiger partial charge in [0.25, 0.3) is 10.0 Å². The zero-order valence-corrected chi connectivity index (χ0v) is 14.9. The van der Waals surface area contributed by atoms with E-state index in [1.807, 2.05) is 0 Å². The van der Waals surface area contributed by atoms with Crippen LogP contribution in [0.3, 0.4) is 0 Å². The van der Waals surface area contributed by atoms with Crippen LogP contribution in [0.15, 0.2) is 59.6 Å². The van der Waals surface area contributed by atoms with Crippen molar-refractivity contribution in [3.63, 3.8) is 0 Å². The van der Waals surface area contributed by atoms with Gasteiger partial charge in [-0.25, -0.2) is 12.4 Å². The predicted molar refractivity (Wildman–Crippen MR) is 97.8 cm³/mol. The van der Waals surface area contributed by atoms with Crippen LogP contribution in [0.5, 0.6) is 5.75 Å². The molecule has 0 saturated carbocycles. The van der Waals surface area contributed by atoms with E-state index in [9.17, 15) is 8.42 Å². The van der Waals surface area contributed by atoms with Gasteiger partial charge in [0.15, 0.2) is 0 Å². The van der Waals surface area contributed by atoms with Crippen molar-refractivity contribution < 1.29 is 13.2 Å². The van der Waals surface area contributed by atoms with Crippen LogP contribution in [0.4, 0.5) is 0 Å². The number of fused-ring (bicyclic) bond motifs is 1. The van der Waals surface area contributed by atoms with Crippen molar-refractivity contribution in [2.45, 2.75) is 4.90 Å². The van der Waals surface area contributed by atoms with E-state index < -0.39 is 10.0 Å². The summed E-state index contributed by atoms with van der Waals surface area (Å²) in [6, 6.07) is 13.2. The Hall–Kier alpha value is -1.73. The Labute approximate surface area is 151 Å². The molecule has 24 heavy (non-hydrogen) atoms. The highest BCUT2D eigenvalue weighted by Gasteiger charge is 2.20. The average Bonchev–Trinajstić information content (AvgIpc) is 2.98. The van der Waals surface area contributed by atoms with E-state index >= 15 is 0 Å². The minimum atomic E-state index is -3.73. The molecule has 0 unspecified atom stereocenters. The van der Waals surface area contributed by atoms with Gasteiger partial charge in [-0.3, -0.25) is 0 Å². The number of aromatic nitrogens is 1. The molecule has 0 fully saturated rings. The second-order valence-electron chi connectivity index (χ2n) is 4.90. The number of nitrogens with zero attached hydrogens (tertiary/aromatic N) is 1. The largest absolute Gasteiger partial charge is 0.492 e. The van der Waals surface area contributed by atoms with E-state index in [1.165, 1.54) is 22.3 Å². The Kier molecular flexibility index (Phi) is 5.77. The molecule has 0 aliphatic heterocycles. The Bertz CT molecular complexity index is 955. The summed E-state index contributed by atoms with van der Waals surface area (Å²) in [5.74, 6) is 0.605. The third-order valence-electron chi connectivity index (χ3n) is 3.39. The number of ether oxygens (including phenoxy) is 1. The smallest absolute Gasteiger partial charge is 0.268 e. The molecular formula is C16H16Cl2N2O3S. The van der Waals surface area contributed by atoms with Crippen molar-refractivity contribution in [2.24, 2.45) is 5.73 Å². The van der Waals surface area contributed by atoms with Gasteiger partial charge in [0.1, 0.15) is 12.4 Å². The topological polar surface area (TPSA) is 74.3 Å². The normalized spacial score (nSPS) is 11.2. The third kappa shape index (κ3) is 3.37. The van der Waals surface area contributed by atoms with Gasteiger partial charge in [-0.15, -0.1) is 12.4 Å². The van der Waals surface area contributed by atoms with Gasteiger partial charge < -0.3 is 10.5 Å². The second kappa shape index (κ2) is 7.44. The number of halogens is 2. The Morgan fingerprint density at radius 1 is 1.12 bits per heavy atom. The van der Waals surface area contributed by atoms with Gasteiger partial charge in [-0.2, -0.15) is 0 Å². The van der Waals surface area contributed by atoms with E-state index in [4.69, 9.17) is 22.1 Å². The Morgan fingerprint density at radius 2 is 1.88 bits per heavy atom. The number of nitrogens with two attached hydrogens (primary N) is 1. The molecule has 0 amide bonds. The lowest BCUT2D eigenvalue weighted by Gasteiger charge is -2.09. The molecule has 3 aromatic rings. The average molecular weight is 387 g/mol. The quantitative estimate of drug-likeness (QED) is 0.729. The summed E-state index contributed by atoms with van der Waals surface area (Å²) >= 11 is 5.91. The molecule has 2 N–H and O–H groups in total. The first-order valence-corrected chi connectivity index (χ1v) is 8.80. The molecule has 128 valence electrons. The van der Waals surface area contributed by atoms with Crippen molar-refractivity contribution >= 4 is 44.9 Å². The van der Waals surface area contributed by atoms with Gasteiger partial charge in [0.2, 0.25) is 0 Å². The minimum absolute atomic E-state index is 0. The second-order valence-corrected chi connectivity index (χ2v) is 7.15. The van der Waals surface area contributed by atoms with Gasteiger partial charge in [-0.1, -0.05) is 23.7 Å². The van der Waals surface area contributed by atoms with Crippen LogP contribution >= 0.6 is 24.0 Å². The first-order valence-electron chi connectivity index (χ1n) is 6.98. The van der Waals surface area contributed by atoms with Crippen LogP contribution in [0.25, 0.3) is 10.9 Å². The maximum Gasteiger partial charge on any atom is 0.268 e. The molecule has 0 atom stereocenters. The highest BCUT2D eigenvalue weighted by molar-refractivity contribution is 7.90. The summed E-state index contributed by atoms with van der Waals surface area (Å²) in [6.07, 6.45) is 1.51. The molecular weight excluding hydrogens is 371 g/mol. The van der Waals surface area contributed by atoms with Crippen molar-refractivity contribution in [3.05, 3.63) is 59.8 Å². The highest BCUT2D eigenvalue weighted by Crippen LogP contribution is 2.29. The minimum Gasteiger partial charge on any atom is -0.492 e. The monoisotopic (exact) mass is 386 g/mol. The van der Waals surface area contributed by atoms with Gasteiger partial charge in [-0.05, 0) is 36.4 Å². The van der Waals surface area contributed by atoms with Gasteiger partial charge in [0, 0.05) is 23.2 Å². The molecule has 0 saturated heterocycles. The molecule has 0 spiro atoms. The van der Waals surface area contributed by atoms with Crippen LogP contribution in [-0.4, -0.2) is 25.5 Å². The third-order valence-corrected chi connectivity index (χ3v) is 5.31. The molecule has 0 bridgehead atoms. The summed E-state index contributed by atoms with van der Waals surface area (Å²) < 4.78 is 32.5. The standard InChI is InChI=1S/C16H15ClN2O3S.ClH/c17-12-3-1-4-13(11-12)23(20,21)19-9-7-14-15(19)5-2-6-16(14)22-10-8-18;/h1-7,9,11H,8,10,18H2;1H. The summed E-state index contributed by atoms with van der Waals surface area (Å²) in [6.45, 7) is 0.753. The maximum atomic E-state index is 12.8. The Morgan fingerprint density at radius 3 is 2.58 bits per heavy atom. The van der Waals surface area contributed by atoms with E-state index in [1.54, 1.807) is 36.4 Å². The van der Waals surface area contributed by atoms with E-state index in [-0.39, 0.29) is 17.3 Å². The fourth-order valence-corrected chi connectivity index (χ4v) is 4.01. The molecule has 1 heterocycles. The van der Waals surface area contributed by atoms with E-state index in [0.717, 1.165) is 0 Å². The number of hydrogen-bond acceptors (Lipinski definition) is 4. The fraction of sp³-hybridized carbons (Fsp3) is 0.125. The van der Waals surface area contributed by atoms with E-state index in [0.29, 0.717) is 34.8 Å². The molecule has 2 aromatic carbocycles. The maximum absolute atomic E-state index is 12.8. The van der Waals surface area contributed by atoms with Crippen LogP contribution in [-0.2, 0) is 10.0 Å². The fourth-order valence-electron chi connectivity index (χ4n) is 2.36. The van der Waals surface area contributed by atoms with E-state index in [2.05, 4.69) is 0 Å². The Balaban J connectivity index is 0.00000208. The lowest BCUT2D eigenvalue weighted by molar-refractivity contribution is 0.332. The lowest BCUT2D eigenvalue weighted by Crippen LogP contribution is -2.12. The highest BCUT2D eigenvalue weighted by atomic mass is 35.5. The molecule has 1 aromatic heterocycles. The molecule has 5 nitrogen and oxygen atoms in total. The first kappa shape index (κ1) is 18.6. The van der Waals surface area contributed by atoms with Crippen LogP contribution in [0, 0.1) is 0 Å². The first-order chi connectivity index (χ1) is 11.0. The van der Waals surface area contributed by atoms with Gasteiger partial charge in [0.05, 0.1) is 10.4 Å². The molecule has 0 aliphatic rings. The lowest BCUT2D eigenvalue weighted by atomic mass is 10.2. The molecule has 8 heteroatoms. The SMILES string of the molecule is Cl.NCCOc1cccc2c1ccn2S(=O)(=O)c1cccc(Cl)c1. The van der Waals surface area contributed by atoms with Crippen LogP contribution < -0.4 is 10.5 Å². The molecule has 3 rings (SSSR count). The molecule has 0 radical (unpaired) electrons. The van der Waals surface area contributed by atoms with Gasteiger partial charge >= 0.3 is 0 Å². The summed E-state index contributed by atoms with van der Waals surface area (Å²) in [5.41, 5.74) is 5.99. The number of rotatable bonds is 5. The van der Waals surface area contributed by atoms with Crippen molar-refractivity contribution in [1.29, 1.82) is 0 Å². The number of hydrogen-bond donors (Lipinski definition) is 1. The van der Waals surface area contributed by atoms with Crippen molar-refractivity contribution in [1.82, 2.24) is 3.97 Å². The van der Waals surface area contributed by atoms with Crippen LogP contribution in [0.2, 0.25) is 5.02 Å².